The fraction of sp³-hybridized carbons (Fsp3) is 0.333. The van der Waals surface area contributed by atoms with Crippen LogP contribution in [0.3, 0.4) is 0 Å². The Kier molecular flexibility index (Phi) is 5.76. The Bertz CT molecular complexity index is 916. The summed E-state index contributed by atoms with van der Waals surface area (Å²) in [5.41, 5.74) is 1.27. The van der Waals surface area contributed by atoms with E-state index >= 15 is 0 Å². The van der Waals surface area contributed by atoms with Crippen molar-refractivity contribution in [3.8, 4) is 17.2 Å². The van der Waals surface area contributed by atoms with Crippen LogP contribution >= 0.6 is 11.6 Å². The lowest BCUT2D eigenvalue weighted by atomic mass is 10.2. The maximum Gasteiger partial charge on any atom is 0.262 e. The SMILES string of the molecule is O=C(COc1ccc(N2CCCC2=O)cc1)Nc1cc2c(cc1Cl)OCCCO2. The number of halogens is 1. The van der Waals surface area contributed by atoms with Gasteiger partial charge in [0.05, 0.1) is 23.9 Å². The van der Waals surface area contributed by atoms with Crippen molar-refractivity contribution < 1.29 is 23.8 Å². The van der Waals surface area contributed by atoms with Gasteiger partial charge in [0.1, 0.15) is 5.75 Å². The molecule has 0 radical (unpaired) electrons. The van der Waals surface area contributed by atoms with Gasteiger partial charge in [0.15, 0.2) is 18.1 Å². The Balaban J connectivity index is 1.34. The lowest BCUT2D eigenvalue weighted by Crippen LogP contribution is -2.23. The van der Waals surface area contributed by atoms with Crippen molar-refractivity contribution in [1.29, 1.82) is 0 Å². The van der Waals surface area contributed by atoms with Crippen LogP contribution in [0, 0.1) is 0 Å². The van der Waals surface area contributed by atoms with Gasteiger partial charge < -0.3 is 24.4 Å². The number of rotatable bonds is 5. The van der Waals surface area contributed by atoms with E-state index in [-0.39, 0.29) is 18.4 Å². The monoisotopic (exact) mass is 416 g/mol. The molecule has 0 bridgehead atoms. The molecule has 0 spiro atoms. The van der Waals surface area contributed by atoms with E-state index in [9.17, 15) is 9.59 Å². The lowest BCUT2D eigenvalue weighted by Gasteiger charge is -2.16. The van der Waals surface area contributed by atoms with Gasteiger partial charge in [0, 0.05) is 37.2 Å². The Labute approximate surface area is 173 Å². The molecule has 2 aliphatic rings. The summed E-state index contributed by atoms with van der Waals surface area (Å²) in [5.74, 6) is 1.44. The molecule has 29 heavy (non-hydrogen) atoms. The molecule has 1 saturated heterocycles. The molecule has 2 amide bonds. The van der Waals surface area contributed by atoms with Crippen LogP contribution in [0.4, 0.5) is 11.4 Å². The van der Waals surface area contributed by atoms with Crippen molar-refractivity contribution in [2.45, 2.75) is 19.3 Å². The van der Waals surface area contributed by atoms with Crippen LogP contribution in [-0.4, -0.2) is 38.2 Å². The molecule has 0 aromatic heterocycles. The Morgan fingerprint density at radius 2 is 1.83 bits per heavy atom. The van der Waals surface area contributed by atoms with Crippen molar-refractivity contribution in [2.75, 3.05) is 36.6 Å². The van der Waals surface area contributed by atoms with Crippen LogP contribution in [0.15, 0.2) is 36.4 Å². The number of nitrogens with one attached hydrogen (secondary N) is 1. The molecule has 0 unspecified atom stereocenters. The van der Waals surface area contributed by atoms with Crippen LogP contribution in [0.5, 0.6) is 17.2 Å². The highest BCUT2D eigenvalue weighted by Crippen LogP contribution is 2.37. The summed E-state index contributed by atoms with van der Waals surface area (Å²) in [6, 6.07) is 10.4. The highest BCUT2D eigenvalue weighted by Gasteiger charge is 2.21. The van der Waals surface area contributed by atoms with Gasteiger partial charge in [0.2, 0.25) is 5.91 Å². The van der Waals surface area contributed by atoms with Crippen LogP contribution in [-0.2, 0) is 9.59 Å². The smallest absolute Gasteiger partial charge is 0.262 e. The average Bonchev–Trinajstić information content (AvgIpc) is 3.02. The Hall–Kier alpha value is -2.93. The van der Waals surface area contributed by atoms with E-state index in [4.69, 9.17) is 25.8 Å². The van der Waals surface area contributed by atoms with Gasteiger partial charge in [0.25, 0.3) is 5.91 Å². The van der Waals surface area contributed by atoms with Crippen LogP contribution in [0.1, 0.15) is 19.3 Å². The second-order valence-corrected chi connectivity index (χ2v) is 7.22. The van der Waals surface area contributed by atoms with E-state index in [1.54, 1.807) is 29.2 Å². The number of carbonyl (C=O) groups is 2. The topological polar surface area (TPSA) is 77.1 Å². The lowest BCUT2D eigenvalue weighted by molar-refractivity contribution is -0.118. The molecule has 8 heteroatoms. The zero-order valence-corrected chi connectivity index (χ0v) is 16.5. The van der Waals surface area contributed by atoms with Crippen molar-refractivity contribution in [2.24, 2.45) is 0 Å². The van der Waals surface area contributed by atoms with E-state index in [0.29, 0.717) is 47.6 Å². The second-order valence-electron chi connectivity index (χ2n) is 6.81. The zero-order chi connectivity index (χ0) is 20.2. The van der Waals surface area contributed by atoms with Gasteiger partial charge in [-0.05, 0) is 30.7 Å². The zero-order valence-electron chi connectivity index (χ0n) is 15.8. The first kappa shape index (κ1) is 19.4. The molecular weight excluding hydrogens is 396 g/mol. The molecule has 152 valence electrons. The van der Waals surface area contributed by atoms with Crippen LogP contribution in [0.2, 0.25) is 5.02 Å². The second kappa shape index (κ2) is 8.61. The van der Waals surface area contributed by atoms with E-state index < -0.39 is 0 Å². The molecule has 4 rings (SSSR count). The minimum absolute atomic E-state index is 0.130. The number of benzene rings is 2. The largest absolute Gasteiger partial charge is 0.490 e. The normalized spacial score (nSPS) is 15.8. The van der Waals surface area contributed by atoms with E-state index in [1.807, 2.05) is 12.1 Å². The average molecular weight is 417 g/mol. The summed E-state index contributed by atoms with van der Waals surface area (Å²) in [6.07, 6.45) is 2.24. The van der Waals surface area contributed by atoms with Gasteiger partial charge in [-0.15, -0.1) is 0 Å². The number of ether oxygens (including phenoxy) is 3. The molecule has 0 aliphatic carbocycles. The molecule has 1 N–H and O–H groups in total. The molecule has 0 atom stereocenters. The van der Waals surface area contributed by atoms with Crippen molar-refractivity contribution >= 4 is 34.8 Å². The number of nitrogens with zero attached hydrogens (tertiary/aromatic N) is 1. The van der Waals surface area contributed by atoms with Crippen LogP contribution < -0.4 is 24.4 Å². The van der Waals surface area contributed by atoms with Gasteiger partial charge in [-0.3, -0.25) is 9.59 Å². The summed E-state index contributed by atoms with van der Waals surface area (Å²) in [6.45, 7) is 1.67. The maximum atomic E-state index is 12.3. The quantitative estimate of drug-likeness (QED) is 0.805. The van der Waals surface area contributed by atoms with Gasteiger partial charge >= 0.3 is 0 Å². The summed E-state index contributed by atoms with van der Waals surface area (Å²) in [5, 5.41) is 3.09. The highest BCUT2D eigenvalue weighted by atomic mass is 35.5. The fourth-order valence-electron chi connectivity index (χ4n) is 3.26. The third kappa shape index (κ3) is 4.56. The fourth-order valence-corrected chi connectivity index (χ4v) is 3.46. The minimum Gasteiger partial charge on any atom is -0.490 e. The molecule has 2 aromatic rings. The number of hydrogen-bond donors (Lipinski definition) is 1. The molecule has 2 heterocycles. The van der Waals surface area contributed by atoms with E-state index in [2.05, 4.69) is 5.32 Å². The highest BCUT2D eigenvalue weighted by molar-refractivity contribution is 6.34. The van der Waals surface area contributed by atoms with Gasteiger partial charge in [-0.1, -0.05) is 11.6 Å². The third-order valence-electron chi connectivity index (χ3n) is 4.70. The van der Waals surface area contributed by atoms with Gasteiger partial charge in [-0.25, -0.2) is 0 Å². The predicted octanol–water partition coefficient (Wildman–Crippen LogP) is 3.65. The molecule has 1 fully saturated rings. The number of fused-ring (bicyclic) bond motifs is 1. The predicted molar refractivity (Wildman–Crippen MR) is 109 cm³/mol. The number of anilines is 2. The molecular formula is C21H21ClN2O5. The first-order chi connectivity index (χ1) is 14.1. The number of hydrogen-bond acceptors (Lipinski definition) is 5. The van der Waals surface area contributed by atoms with E-state index in [0.717, 1.165) is 25.1 Å². The van der Waals surface area contributed by atoms with Crippen LogP contribution in [0.25, 0.3) is 0 Å². The first-order valence-electron chi connectivity index (χ1n) is 9.52. The van der Waals surface area contributed by atoms with Gasteiger partial charge in [-0.2, -0.15) is 0 Å². The molecule has 2 aromatic carbocycles. The summed E-state index contributed by atoms with van der Waals surface area (Å²) >= 11 is 6.24. The van der Waals surface area contributed by atoms with Crippen molar-refractivity contribution in [3.05, 3.63) is 41.4 Å². The minimum atomic E-state index is -0.347. The summed E-state index contributed by atoms with van der Waals surface area (Å²) < 4.78 is 16.7. The number of carbonyl (C=O) groups excluding carboxylic acids is 2. The summed E-state index contributed by atoms with van der Waals surface area (Å²) in [7, 11) is 0. The van der Waals surface area contributed by atoms with E-state index in [1.165, 1.54) is 0 Å². The molecule has 7 nitrogen and oxygen atoms in total. The molecule has 2 aliphatic heterocycles. The summed E-state index contributed by atoms with van der Waals surface area (Å²) in [4.78, 5) is 25.8. The van der Waals surface area contributed by atoms with Crippen molar-refractivity contribution in [1.82, 2.24) is 0 Å². The number of amides is 2. The maximum absolute atomic E-state index is 12.3. The molecule has 0 saturated carbocycles. The van der Waals surface area contributed by atoms with Crippen molar-refractivity contribution in [3.63, 3.8) is 0 Å². The Morgan fingerprint density at radius 3 is 2.52 bits per heavy atom. The first-order valence-corrected chi connectivity index (χ1v) is 9.90. The third-order valence-corrected chi connectivity index (χ3v) is 5.02. The standard InChI is InChI=1S/C21H21ClN2O5/c22-16-11-18-19(28-10-2-9-27-18)12-17(16)23-20(25)13-29-15-6-4-14(5-7-15)24-8-1-3-21(24)26/h4-7,11-12H,1-3,8-10,13H2,(H,23,25). The Morgan fingerprint density at radius 1 is 1.10 bits per heavy atom.